The first-order valence-electron chi connectivity index (χ1n) is 4.54. The minimum Gasteiger partial charge on any atom is -0.361 e. The molecule has 2 N–H and O–H groups in total. The first-order valence-corrected chi connectivity index (χ1v) is 4.54. The first-order chi connectivity index (χ1) is 7.31. The van der Waals surface area contributed by atoms with Gasteiger partial charge in [-0.05, 0) is 11.6 Å². The van der Waals surface area contributed by atoms with E-state index in [0.717, 1.165) is 16.5 Å². The number of amides is 1. The lowest BCUT2D eigenvalue weighted by atomic mass is 10.2. The van der Waals surface area contributed by atoms with Crippen molar-refractivity contribution >= 4 is 16.8 Å². The second-order valence-electron chi connectivity index (χ2n) is 3.15. The molecule has 0 saturated carbocycles. The summed E-state index contributed by atoms with van der Waals surface area (Å²) in [6.07, 6.45) is 1.84. The summed E-state index contributed by atoms with van der Waals surface area (Å²) in [4.78, 5) is 13.9. The quantitative estimate of drug-likeness (QED) is 0.716. The van der Waals surface area contributed by atoms with Crippen LogP contribution in [-0.4, -0.2) is 10.9 Å². The Morgan fingerprint density at radius 1 is 1.47 bits per heavy atom. The van der Waals surface area contributed by atoms with E-state index >= 15 is 0 Å². The number of fused-ring (bicyclic) bond motifs is 1. The molecule has 1 heterocycles. The van der Waals surface area contributed by atoms with E-state index in [-0.39, 0.29) is 0 Å². The number of aromatic amines is 1. The molecule has 15 heavy (non-hydrogen) atoms. The van der Waals surface area contributed by atoms with Gasteiger partial charge in [-0.3, -0.25) is 4.79 Å². The number of nitrogens with zero attached hydrogens (tertiary/aromatic N) is 1. The summed E-state index contributed by atoms with van der Waals surface area (Å²) in [5.41, 5.74) is 2.01. The molecule has 4 nitrogen and oxygen atoms in total. The van der Waals surface area contributed by atoms with Crippen LogP contribution in [0.3, 0.4) is 0 Å². The highest BCUT2D eigenvalue weighted by atomic mass is 16.1. The van der Waals surface area contributed by atoms with Crippen molar-refractivity contribution in [2.24, 2.45) is 0 Å². The molecule has 74 valence electrons. The van der Waals surface area contributed by atoms with Crippen molar-refractivity contribution in [2.45, 2.75) is 6.54 Å². The molecule has 0 bridgehead atoms. The van der Waals surface area contributed by atoms with Crippen molar-refractivity contribution < 1.29 is 4.79 Å². The van der Waals surface area contributed by atoms with Gasteiger partial charge in [0, 0.05) is 23.6 Å². The minimum absolute atomic E-state index is 0.371. The molecule has 0 aliphatic carbocycles. The number of hydrogen-bond donors (Lipinski definition) is 2. The molecule has 0 aliphatic rings. The van der Waals surface area contributed by atoms with Gasteiger partial charge < -0.3 is 10.3 Å². The van der Waals surface area contributed by atoms with E-state index in [2.05, 4.69) is 10.3 Å². The van der Waals surface area contributed by atoms with Gasteiger partial charge in [0.2, 0.25) is 0 Å². The number of nitriles is 1. The lowest BCUT2D eigenvalue weighted by molar-refractivity contribution is -0.116. The molecular weight excluding hydrogens is 190 g/mol. The third kappa shape index (κ3) is 1.81. The molecule has 0 atom stereocenters. The zero-order valence-corrected chi connectivity index (χ0v) is 7.95. The molecule has 2 aromatic rings. The van der Waals surface area contributed by atoms with E-state index in [1.807, 2.05) is 30.5 Å². The summed E-state index contributed by atoms with van der Waals surface area (Å²) >= 11 is 0. The number of H-pyrrole nitrogens is 1. The maximum atomic E-state index is 10.8. The Labute approximate surface area is 86.5 Å². The third-order valence-electron chi connectivity index (χ3n) is 2.22. The highest BCUT2D eigenvalue weighted by molar-refractivity contribution is 5.91. The fourth-order valence-corrected chi connectivity index (χ4v) is 1.49. The average Bonchev–Trinajstić information content (AvgIpc) is 2.69. The molecule has 0 saturated heterocycles. The van der Waals surface area contributed by atoms with E-state index < -0.39 is 5.91 Å². The lowest BCUT2D eigenvalue weighted by Crippen LogP contribution is -2.20. The van der Waals surface area contributed by atoms with Crippen molar-refractivity contribution in [3.63, 3.8) is 0 Å². The van der Waals surface area contributed by atoms with Crippen LogP contribution in [0.5, 0.6) is 0 Å². The largest absolute Gasteiger partial charge is 0.361 e. The molecule has 0 unspecified atom stereocenters. The van der Waals surface area contributed by atoms with Crippen LogP contribution in [0, 0.1) is 11.3 Å². The highest BCUT2D eigenvalue weighted by Gasteiger charge is 2.03. The fourth-order valence-electron chi connectivity index (χ4n) is 1.49. The van der Waals surface area contributed by atoms with E-state index in [1.165, 1.54) is 6.07 Å². The van der Waals surface area contributed by atoms with Gasteiger partial charge in [-0.1, -0.05) is 18.2 Å². The summed E-state index contributed by atoms with van der Waals surface area (Å²) in [5.74, 6) is -0.611. The molecule has 0 aliphatic heterocycles. The Hall–Kier alpha value is -2.28. The van der Waals surface area contributed by atoms with Crippen molar-refractivity contribution in [1.29, 1.82) is 5.26 Å². The van der Waals surface area contributed by atoms with E-state index in [9.17, 15) is 4.79 Å². The van der Waals surface area contributed by atoms with Crippen LogP contribution in [0.1, 0.15) is 5.56 Å². The summed E-state index contributed by atoms with van der Waals surface area (Å²) in [7, 11) is 0. The van der Waals surface area contributed by atoms with Crippen LogP contribution in [0.4, 0.5) is 0 Å². The third-order valence-corrected chi connectivity index (χ3v) is 2.22. The summed E-state index contributed by atoms with van der Waals surface area (Å²) in [6.45, 7) is 0.371. The molecular formula is C11H9N3O. The van der Waals surface area contributed by atoms with Gasteiger partial charge in [-0.2, -0.15) is 5.26 Å². The average molecular weight is 199 g/mol. The van der Waals surface area contributed by atoms with Crippen LogP contribution in [0.15, 0.2) is 30.5 Å². The smallest absolute Gasteiger partial charge is 0.322 e. The number of para-hydroxylation sites is 1. The zero-order chi connectivity index (χ0) is 10.7. The summed E-state index contributed by atoms with van der Waals surface area (Å²) in [6, 6.07) is 9.33. The van der Waals surface area contributed by atoms with Crippen molar-refractivity contribution in [3.05, 3.63) is 36.0 Å². The molecule has 1 aromatic carbocycles. The molecule has 0 fully saturated rings. The van der Waals surface area contributed by atoms with Crippen LogP contribution in [0.2, 0.25) is 0 Å². The van der Waals surface area contributed by atoms with Gasteiger partial charge in [0.25, 0.3) is 0 Å². The van der Waals surface area contributed by atoms with Gasteiger partial charge in [-0.25, -0.2) is 0 Å². The van der Waals surface area contributed by atoms with Crippen LogP contribution in [0.25, 0.3) is 10.9 Å². The van der Waals surface area contributed by atoms with Gasteiger partial charge in [0.15, 0.2) is 6.07 Å². The topological polar surface area (TPSA) is 68.7 Å². The maximum absolute atomic E-state index is 10.8. The van der Waals surface area contributed by atoms with Crippen molar-refractivity contribution in [2.75, 3.05) is 0 Å². The summed E-state index contributed by atoms with van der Waals surface area (Å²) < 4.78 is 0. The predicted octanol–water partition coefficient (Wildman–Crippen LogP) is 1.31. The number of hydrogen-bond acceptors (Lipinski definition) is 2. The predicted molar refractivity (Wildman–Crippen MR) is 55.8 cm³/mol. The second kappa shape index (κ2) is 3.84. The number of benzene rings is 1. The monoisotopic (exact) mass is 199 g/mol. The fraction of sp³-hybridized carbons (Fsp3) is 0.0909. The molecule has 1 amide bonds. The van der Waals surface area contributed by atoms with Gasteiger partial charge in [0.1, 0.15) is 0 Å². The van der Waals surface area contributed by atoms with Gasteiger partial charge >= 0.3 is 5.91 Å². The molecule has 0 spiro atoms. The number of carbonyl (C=O) groups excluding carboxylic acids is 1. The highest BCUT2D eigenvalue weighted by Crippen LogP contribution is 2.16. The molecule has 1 aromatic heterocycles. The molecule has 4 heteroatoms. The second-order valence-corrected chi connectivity index (χ2v) is 3.15. The SMILES string of the molecule is N#CC(=O)NCc1c[nH]c2ccccc12. The Balaban J connectivity index is 2.22. The van der Waals surface area contributed by atoms with Crippen molar-refractivity contribution in [3.8, 4) is 6.07 Å². The number of aromatic nitrogens is 1. The van der Waals surface area contributed by atoms with Crippen LogP contribution in [-0.2, 0) is 11.3 Å². The standard InChI is InChI=1S/C11H9N3O/c12-5-11(15)14-7-8-6-13-10-4-2-1-3-9(8)10/h1-4,6,13H,7H2,(H,14,15). The number of nitrogens with one attached hydrogen (secondary N) is 2. The van der Waals surface area contributed by atoms with E-state index in [0.29, 0.717) is 6.54 Å². The Morgan fingerprint density at radius 2 is 2.27 bits per heavy atom. The van der Waals surface area contributed by atoms with E-state index in [1.54, 1.807) is 0 Å². The minimum atomic E-state index is -0.611. The van der Waals surface area contributed by atoms with Gasteiger partial charge in [-0.15, -0.1) is 0 Å². The first kappa shape index (κ1) is 9.28. The molecule has 0 radical (unpaired) electrons. The van der Waals surface area contributed by atoms with Crippen LogP contribution >= 0.6 is 0 Å². The zero-order valence-electron chi connectivity index (χ0n) is 7.95. The van der Waals surface area contributed by atoms with Crippen molar-refractivity contribution in [1.82, 2.24) is 10.3 Å². The maximum Gasteiger partial charge on any atom is 0.322 e. The summed E-state index contributed by atoms with van der Waals surface area (Å²) in [5, 5.41) is 11.9. The normalized spacial score (nSPS) is 9.80. The Bertz CT molecular complexity index is 536. The number of carbonyl (C=O) groups is 1. The van der Waals surface area contributed by atoms with E-state index in [4.69, 9.17) is 5.26 Å². The number of rotatable bonds is 2. The lowest BCUT2D eigenvalue weighted by Gasteiger charge is -1.98. The van der Waals surface area contributed by atoms with Crippen LogP contribution < -0.4 is 5.32 Å². The van der Waals surface area contributed by atoms with Gasteiger partial charge in [0.05, 0.1) is 0 Å². The molecule has 2 rings (SSSR count). The Morgan fingerprint density at radius 3 is 3.07 bits per heavy atom. The Kier molecular flexibility index (Phi) is 2.38.